The molecule has 0 amide bonds. The van der Waals surface area contributed by atoms with Gasteiger partial charge in [0.05, 0.1) is 19.8 Å². The van der Waals surface area contributed by atoms with E-state index in [1.54, 1.807) is 0 Å². The van der Waals surface area contributed by atoms with Gasteiger partial charge < -0.3 is 64.2 Å². The Bertz CT molecular complexity index is 1410. The minimum Gasteiger partial charge on any atom is -0.462 e. The Hall–Kier alpha value is -2.28. The van der Waals surface area contributed by atoms with Crippen LogP contribution in [0.2, 0.25) is 0 Å². The average molecular weight is 1040 g/mol. The van der Waals surface area contributed by atoms with E-state index in [-0.39, 0.29) is 26.1 Å². The number of hydrogen-bond donors (Lipinski definition) is 7. The van der Waals surface area contributed by atoms with Crippen LogP contribution >= 0.6 is 0 Å². The first kappa shape index (κ1) is 66.8. The van der Waals surface area contributed by atoms with Crippen molar-refractivity contribution in [1.82, 2.24) is 0 Å². The molecular formula is C58H104O15. The van der Waals surface area contributed by atoms with E-state index in [1.165, 1.54) is 116 Å². The van der Waals surface area contributed by atoms with Crippen LogP contribution in [0.25, 0.3) is 0 Å². The SMILES string of the molecule is CC/C=C/C/C=C/C/C=C/CCCCCCCC(=O)O[C@@H](COC(=O)CCCCCCCCCCCCCCCCCCCCCCCC)CO[C@@H]1O[C@H](CO[C@@H]2O[C@H](CO)[C@H](O)C(O)C2O)[C@H](O)C(O)C1O. The Morgan fingerprint density at radius 3 is 1.36 bits per heavy atom. The lowest BCUT2D eigenvalue weighted by Crippen LogP contribution is -2.61. The van der Waals surface area contributed by atoms with Crippen molar-refractivity contribution in [1.29, 1.82) is 0 Å². The molecule has 2 aliphatic heterocycles. The molecule has 0 bridgehead atoms. The number of allylic oxidation sites excluding steroid dienone is 6. The molecule has 2 heterocycles. The summed E-state index contributed by atoms with van der Waals surface area (Å²) in [6, 6.07) is 0. The summed E-state index contributed by atoms with van der Waals surface area (Å²) < 4.78 is 33.7. The van der Waals surface area contributed by atoms with Gasteiger partial charge in [0.25, 0.3) is 0 Å². The Kier molecular flexibility index (Phi) is 41.0. The zero-order valence-corrected chi connectivity index (χ0v) is 45.4. The van der Waals surface area contributed by atoms with Gasteiger partial charge in [0.2, 0.25) is 0 Å². The van der Waals surface area contributed by atoms with E-state index >= 15 is 0 Å². The molecule has 73 heavy (non-hydrogen) atoms. The molecular weight excluding hydrogens is 937 g/mol. The maximum atomic E-state index is 13.0. The summed E-state index contributed by atoms with van der Waals surface area (Å²) in [5, 5.41) is 72.2. The minimum absolute atomic E-state index is 0.147. The fourth-order valence-corrected chi connectivity index (χ4v) is 9.17. The topological polar surface area (TPSA) is 231 Å². The molecule has 2 fully saturated rings. The van der Waals surface area contributed by atoms with Crippen LogP contribution in [0.3, 0.4) is 0 Å². The zero-order chi connectivity index (χ0) is 53.2. The highest BCUT2D eigenvalue weighted by Crippen LogP contribution is 2.27. The molecule has 7 N–H and O–H groups in total. The minimum atomic E-state index is -1.77. The number of aliphatic hydroxyl groups excluding tert-OH is 7. The Balaban J connectivity index is 1.73. The molecule has 0 aromatic carbocycles. The number of carbonyl (C=O) groups excluding carboxylic acids is 2. The molecule has 2 saturated heterocycles. The third kappa shape index (κ3) is 32.2. The van der Waals surface area contributed by atoms with Gasteiger partial charge in [-0.3, -0.25) is 9.59 Å². The fraction of sp³-hybridized carbons (Fsp3) is 0.862. The summed E-state index contributed by atoms with van der Waals surface area (Å²) in [6.45, 7) is 2.50. The van der Waals surface area contributed by atoms with Gasteiger partial charge in [-0.2, -0.15) is 0 Å². The van der Waals surface area contributed by atoms with Crippen molar-refractivity contribution in [3.63, 3.8) is 0 Å². The number of hydrogen-bond acceptors (Lipinski definition) is 15. The number of aliphatic hydroxyl groups is 7. The molecule has 0 aromatic heterocycles. The Morgan fingerprint density at radius 2 is 0.863 bits per heavy atom. The summed E-state index contributed by atoms with van der Waals surface area (Å²) in [7, 11) is 0. The summed E-state index contributed by atoms with van der Waals surface area (Å²) in [5.41, 5.74) is 0. The van der Waals surface area contributed by atoms with Crippen LogP contribution in [0.4, 0.5) is 0 Å². The molecule has 0 aromatic rings. The third-order valence-corrected chi connectivity index (χ3v) is 13.9. The quantitative estimate of drug-likeness (QED) is 0.0171. The standard InChI is InChI=1S/C58H104O15/c1-3-5-7-9-11-13-15-17-19-20-21-22-23-24-25-27-28-30-32-34-36-38-40-49(60)68-43-46(71-50(61)41-39-37-35-33-31-29-26-18-16-14-12-10-8-6-4-2)44-69-57-56(67)54(65)52(63)48(73-57)45-70-58-55(66)53(64)51(62)47(42-59)72-58/h6,8,12,14,18,26,46-48,51-59,62-67H,3-5,7,9-11,13,15-17,19-25,27-45H2,1-2H3/b8-6+,14-12+,26-18+/t46-,47+,48+,51-,52-,53?,54?,55?,56?,57+,58+/m0/s1. The molecule has 0 saturated carbocycles. The zero-order valence-electron chi connectivity index (χ0n) is 45.4. The van der Waals surface area contributed by atoms with Crippen molar-refractivity contribution in [2.45, 2.75) is 293 Å². The predicted octanol–water partition coefficient (Wildman–Crippen LogP) is 9.66. The van der Waals surface area contributed by atoms with Crippen LogP contribution < -0.4 is 0 Å². The highest BCUT2D eigenvalue weighted by molar-refractivity contribution is 5.70. The van der Waals surface area contributed by atoms with Crippen molar-refractivity contribution < 1.29 is 73.8 Å². The van der Waals surface area contributed by atoms with E-state index in [9.17, 15) is 45.3 Å². The molecule has 0 radical (unpaired) electrons. The van der Waals surface area contributed by atoms with Crippen LogP contribution in [-0.2, 0) is 38.0 Å². The van der Waals surface area contributed by atoms with E-state index in [4.69, 9.17) is 28.4 Å². The van der Waals surface area contributed by atoms with Gasteiger partial charge in [0, 0.05) is 12.8 Å². The second-order valence-corrected chi connectivity index (χ2v) is 20.4. The summed E-state index contributed by atoms with van der Waals surface area (Å²) in [5.74, 6) is -0.935. The van der Waals surface area contributed by atoms with Gasteiger partial charge in [-0.25, -0.2) is 0 Å². The van der Waals surface area contributed by atoms with Gasteiger partial charge in [-0.1, -0.05) is 204 Å². The third-order valence-electron chi connectivity index (χ3n) is 13.9. The molecule has 15 heteroatoms. The molecule has 4 unspecified atom stereocenters. The van der Waals surface area contributed by atoms with Gasteiger partial charge >= 0.3 is 11.9 Å². The van der Waals surface area contributed by atoms with Crippen LogP contribution in [0, 0.1) is 0 Å². The van der Waals surface area contributed by atoms with Crippen LogP contribution in [-0.4, -0.2) is 142 Å². The summed E-state index contributed by atoms with van der Waals surface area (Å²) in [6.07, 6.45) is 33.2. The van der Waals surface area contributed by atoms with Gasteiger partial charge in [-0.05, 0) is 44.9 Å². The first-order valence-electron chi connectivity index (χ1n) is 29.1. The second-order valence-electron chi connectivity index (χ2n) is 20.4. The molecule has 0 spiro atoms. The summed E-state index contributed by atoms with van der Waals surface area (Å²) in [4.78, 5) is 25.9. The fourth-order valence-electron chi connectivity index (χ4n) is 9.17. The molecule has 15 nitrogen and oxygen atoms in total. The highest BCUT2D eigenvalue weighted by atomic mass is 16.7. The normalized spacial score (nSPS) is 25.1. The van der Waals surface area contributed by atoms with E-state index in [0.29, 0.717) is 12.8 Å². The van der Waals surface area contributed by atoms with Gasteiger partial charge in [-0.15, -0.1) is 0 Å². The lowest BCUT2D eigenvalue weighted by Gasteiger charge is -2.42. The van der Waals surface area contributed by atoms with E-state index < -0.39 is 92.7 Å². The van der Waals surface area contributed by atoms with Gasteiger partial charge in [0.1, 0.15) is 55.4 Å². The molecule has 11 atom stereocenters. The molecule has 426 valence electrons. The first-order chi connectivity index (χ1) is 35.5. The lowest BCUT2D eigenvalue weighted by molar-refractivity contribution is -0.332. The largest absolute Gasteiger partial charge is 0.462 e. The number of carbonyl (C=O) groups is 2. The monoisotopic (exact) mass is 1040 g/mol. The van der Waals surface area contributed by atoms with E-state index in [1.807, 2.05) is 0 Å². The van der Waals surface area contributed by atoms with Crippen LogP contribution in [0.5, 0.6) is 0 Å². The summed E-state index contributed by atoms with van der Waals surface area (Å²) >= 11 is 0. The highest BCUT2D eigenvalue weighted by Gasteiger charge is 2.47. The van der Waals surface area contributed by atoms with Crippen LogP contribution in [0.15, 0.2) is 36.5 Å². The number of ether oxygens (including phenoxy) is 6. The lowest BCUT2D eigenvalue weighted by atomic mass is 9.98. The van der Waals surface area contributed by atoms with Crippen molar-refractivity contribution in [2.75, 3.05) is 26.4 Å². The molecule has 2 aliphatic rings. The number of rotatable bonds is 46. The van der Waals surface area contributed by atoms with Crippen molar-refractivity contribution in [2.24, 2.45) is 0 Å². The van der Waals surface area contributed by atoms with Crippen LogP contribution in [0.1, 0.15) is 226 Å². The smallest absolute Gasteiger partial charge is 0.306 e. The van der Waals surface area contributed by atoms with Crippen molar-refractivity contribution in [3.05, 3.63) is 36.5 Å². The van der Waals surface area contributed by atoms with E-state index in [2.05, 4.69) is 50.3 Å². The average Bonchev–Trinajstić information content (AvgIpc) is 3.38. The number of unbranched alkanes of at least 4 members (excludes halogenated alkanes) is 26. The number of esters is 2. The maximum absolute atomic E-state index is 13.0. The predicted molar refractivity (Wildman–Crippen MR) is 284 cm³/mol. The van der Waals surface area contributed by atoms with Crippen molar-refractivity contribution >= 4 is 11.9 Å². The Morgan fingerprint density at radius 1 is 0.452 bits per heavy atom. The maximum Gasteiger partial charge on any atom is 0.306 e. The molecule has 0 aliphatic carbocycles. The van der Waals surface area contributed by atoms with Crippen molar-refractivity contribution in [3.8, 4) is 0 Å². The van der Waals surface area contributed by atoms with Gasteiger partial charge in [0.15, 0.2) is 18.7 Å². The first-order valence-corrected chi connectivity index (χ1v) is 29.1. The van der Waals surface area contributed by atoms with E-state index in [0.717, 1.165) is 70.6 Å². The Labute approximate surface area is 440 Å². The second kappa shape index (κ2) is 44.8. The molecule has 2 rings (SSSR count).